The van der Waals surface area contributed by atoms with Crippen LogP contribution in [0.2, 0.25) is 0 Å². The largest absolute Gasteiger partial charge is 0.378 e. The lowest BCUT2D eigenvalue weighted by Gasteiger charge is -2.32. The van der Waals surface area contributed by atoms with Crippen LogP contribution in [0.3, 0.4) is 0 Å². The lowest BCUT2D eigenvalue weighted by Crippen LogP contribution is -2.41. The molecule has 0 atom stereocenters. The van der Waals surface area contributed by atoms with Crippen LogP contribution in [0.4, 0.5) is 5.95 Å². The monoisotopic (exact) mass is 250 g/mol. The Kier molecular flexibility index (Phi) is 2.95. The standard InChI is InChI=1S/C12H18N4O2/c1-10(17)15-2-3-16-11(9-15)8-13-12(16)14-4-6-18-7-5-14/h8H,2-7,9H2,1H3. The third-order valence-corrected chi connectivity index (χ3v) is 3.60. The van der Waals surface area contributed by atoms with Crippen molar-refractivity contribution in [2.24, 2.45) is 0 Å². The van der Waals surface area contributed by atoms with Crippen molar-refractivity contribution in [3.05, 3.63) is 11.9 Å². The zero-order valence-electron chi connectivity index (χ0n) is 10.6. The predicted molar refractivity (Wildman–Crippen MR) is 66.4 cm³/mol. The Hall–Kier alpha value is -1.56. The van der Waals surface area contributed by atoms with E-state index in [1.165, 1.54) is 0 Å². The highest BCUT2D eigenvalue weighted by atomic mass is 16.5. The number of fused-ring (bicyclic) bond motifs is 1. The summed E-state index contributed by atoms with van der Waals surface area (Å²) in [7, 11) is 0. The number of hydrogen-bond donors (Lipinski definition) is 0. The van der Waals surface area contributed by atoms with E-state index in [1.54, 1.807) is 6.92 Å². The molecule has 6 nitrogen and oxygen atoms in total. The summed E-state index contributed by atoms with van der Waals surface area (Å²) in [5, 5.41) is 0. The summed E-state index contributed by atoms with van der Waals surface area (Å²) in [6.45, 7) is 7.22. The second kappa shape index (κ2) is 4.61. The molecule has 3 heterocycles. The number of rotatable bonds is 1. The van der Waals surface area contributed by atoms with Crippen LogP contribution in [-0.4, -0.2) is 53.2 Å². The van der Waals surface area contributed by atoms with Gasteiger partial charge < -0.3 is 19.1 Å². The van der Waals surface area contributed by atoms with Gasteiger partial charge in [0.15, 0.2) is 0 Å². The molecule has 18 heavy (non-hydrogen) atoms. The van der Waals surface area contributed by atoms with Crippen LogP contribution >= 0.6 is 0 Å². The molecule has 3 rings (SSSR count). The number of hydrogen-bond acceptors (Lipinski definition) is 4. The molecule has 2 aliphatic heterocycles. The van der Waals surface area contributed by atoms with E-state index in [0.29, 0.717) is 6.54 Å². The topological polar surface area (TPSA) is 50.6 Å². The normalized spacial score (nSPS) is 19.8. The molecule has 0 N–H and O–H groups in total. The third-order valence-electron chi connectivity index (χ3n) is 3.60. The molecule has 98 valence electrons. The fourth-order valence-corrected chi connectivity index (χ4v) is 2.55. The van der Waals surface area contributed by atoms with Crippen molar-refractivity contribution in [3.8, 4) is 0 Å². The number of anilines is 1. The Labute approximate surface area is 106 Å². The van der Waals surface area contributed by atoms with E-state index in [1.807, 2.05) is 11.1 Å². The highest BCUT2D eigenvalue weighted by Gasteiger charge is 2.24. The minimum Gasteiger partial charge on any atom is -0.378 e. The zero-order valence-corrected chi connectivity index (χ0v) is 10.6. The Morgan fingerprint density at radius 2 is 2.06 bits per heavy atom. The van der Waals surface area contributed by atoms with Gasteiger partial charge in [-0.25, -0.2) is 4.98 Å². The maximum Gasteiger partial charge on any atom is 0.219 e. The van der Waals surface area contributed by atoms with Crippen molar-refractivity contribution < 1.29 is 9.53 Å². The summed E-state index contributed by atoms with van der Waals surface area (Å²) in [6, 6.07) is 0. The van der Waals surface area contributed by atoms with Gasteiger partial charge in [-0.05, 0) is 0 Å². The van der Waals surface area contributed by atoms with Crippen LogP contribution in [0.5, 0.6) is 0 Å². The van der Waals surface area contributed by atoms with E-state index in [2.05, 4.69) is 14.5 Å². The molecule has 1 amide bonds. The van der Waals surface area contributed by atoms with Gasteiger partial charge in [0.2, 0.25) is 11.9 Å². The fourth-order valence-electron chi connectivity index (χ4n) is 2.55. The van der Waals surface area contributed by atoms with Gasteiger partial charge in [-0.1, -0.05) is 0 Å². The van der Waals surface area contributed by atoms with Crippen LogP contribution < -0.4 is 4.90 Å². The average molecular weight is 250 g/mol. The first-order valence-corrected chi connectivity index (χ1v) is 6.38. The molecule has 1 aromatic heterocycles. The Morgan fingerprint density at radius 1 is 1.28 bits per heavy atom. The average Bonchev–Trinajstić information content (AvgIpc) is 2.82. The van der Waals surface area contributed by atoms with E-state index in [4.69, 9.17) is 4.74 Å². The molecule has 6 heteroatoms. The van der Waals surface area contributed by atoms with Gasteiger partial charge in [-0.3, -0.25) is 4.79 Å². The lowest BCUT2D eigenvalue weighted by molar-refractivity contribution is -0.130. The van der Waals surface area contributed by atoms with Crippen LogP contribution in [0.15, 0.2) is 6.20 Å². The zero-order chi connectivity index (χ0) is 12.5. The number of imidazole rings is 1. The van der Waals surface area contributed by atoms with E-state index in [9.17, 15) is 4.79 Å². The summed E-state index contributed by atoms with van der Waals surface area (Å²) in [5.74, 6) is 1.16. The maximum atomic E-state index is 11.4. The molecule has 0 spiro atoms. The molecule has 0 aliphatic carbocycles. The van der Waals surface area contributed by atoms with Crippen LogP contribution in [0.1, 0.15) is 12.6 Å². The predicted octanol–water partition coefficient (Wildman–Crippen LogP) is 0.0818. The lowest BCUT2D eigenvalue weighted by atomic mass is 10.3. The van der Waals surface area contributed by atoms with E-state index >= 15 is 0 Å². The van der Waals surface area contributed by atoms with Gasteiger partial charge >= 0.3 is 0 Å². The minimum absolute atomic E-state index is 0.135. The molecule has 0 unspecified atom stereocenters. The van der Waals surface area contributed by atoms with Crippen molar-refractivity contribution >= 4 is 11.9 Å². The molecule has 0 bridgehead atoms. The van der Waals surface area contributed by atoms with E-state index in [-0.39, 0.29) is 5.91 Å². The first-order chi connectivity index (χ1) is 8.75. The summed E-state index contributed by atoms with van der Waals surface area (Å²) in [5.41, 5.74) is 1.12. The number of carbonyl (C=O) groups is 1. The van der Waals surface area contributed by atoms with Crippen molar-refractivity contribution in [1.29, 1.82) is 0 Å². The number of nitrogens with zero attached hydrogens (tertiary/aromatic N) is 4. The van der Waals surface area contributed by atoms with Crippen LogP contribution in [0, 0.1) is 0 Å². The summed E-state index contributed by atoms with van der Waals surface area (Å²) >= 11 is 0. The van der Waals surface area contributed by atoms with Crippen molar-refractivity contribution in [2.75, 3.05) is 37.7 Å². The summed E-state index contributed by atoms with van der Waals surface area (Å²) < 4.78 is 7.59. The van der Waals surface area contributed by atoms with Gasteiger partial charge in [-0.15, -0.1) is 0 Å². The van der Waals surface area contributed by atoms with E-state index < -0.39 is 0 Å². The number of morpholine rings is 1. The van der Waals surface area contributed by atoms with Crippen molar-refractivity contribution in [2.45, 2.75) is 20.0 Å². The van der Waals surface area contributed by atoms with Gasteiger partial charge in [-0.2, -0.15) is 0 Å². The number of ether oxygens (including phenoxy) is 1. The third kappa shape index (κ3) is 1.96. The highest BCUT2D eigenvalue weighted by Crippen LogP contribution is 2.21. The highest BCUT2D eigenvalue weighted by molar-refractivity contribution is 5.73. The number of aromatic nitrogens is 2. The van der Waals surface area contributed by atoms with Crippen molar-refractivity contribution in [3.63, 3.8) is 0 Å². The summed E-state index contributed by atoms with van der Waals surface area (Å²) in [6.07, 6.45) is 1.89. The van der Waals surface area contributed by atoms with Gasteiger partial charge in [0.25, 0.3) is 0 Å². The number of carbonyl (C=O) groups excluding carboxylic acids is 1. The first kappa shape index (κ1) is 11.5. The van der Waals surface area contributed by atoms with E-state index in [0.717, 1.165) is 51.0 Å². The Bertz CT molecular complexity index is 451. The molecule has 0 radical (unpaired) electrons. The molecule has 0 aromatic carbocycles. The minimum atomic E-state index is 0.135. The second-order valence-electron chi connectivity index (χ2n) is 4.74. The molecular formula is C12H18N4O2. The van der Waals surface area contributed by atoms with Crippen LogP contribution in [0.25, 0.3) is 0 Å². The fraction of sp³-hybridized carbons (Fsp3) is 0.667. The number of amides is 1. The molecule has 1 saturated heterocycles. The first-order valence-electron chi connectivity index (χ1n) is 6.38. The maximum absolute atomic E-state index is 11.4. The molecule has 0 saturated carbocycles. The molecule has 1 fully saturated rings. The second-order valence-corrected chi connectivity index (χ2v) is 4.74. The molecular weight excluding hydrogens is 232 g/mol. The van der Waals surface area contributed by atoms with Gasteiger partial charge in [0, 0.05) is 33.1 Å². The summed E-state index contributed by atoms with van der Waals surface area (Å²) in [4.78, 5) is 20.0. The molecule has 2 aliphatic rings. The quantitative estimate of drug-likeness (QED) is 0.708. The van der Waals surface area contributed by atoms with Crippen LogP contribution in [-0.2, 0) is 22.6 Å². The Balaban J connectivity index is 1.81. The smallest absolute Gasteiger partial charge is 0.219 e. The van der Waals surface area contributed by atoms with Gasteiger partial charge in [0.1, 0.15) is 0 Å². The Morgan fingerprint density at radius 3 is 2.78 bits per heavy atom. The molecule has 1 aromatic rings. The SMILES string of the molecule is CC(=O)N1CCn2c(cnc2N2CCOCC2)C1. The van der Waals surface area contributed by atoms with Gasteiger partial charge in [0.05, 0.1) is 31.6 Å². The van der Waals surface area contributed by atoms with Crippen molar-refractivity contribution in [1.82, 2.24) is 14.5 Å².